The highest BCUT2D eigenvalue weighted by molar-refractivity contribution is 7.09. The molecule has 0 N–H and O–H groups in total. The van der Waals surface area contributed by atoms with Crippen LogP contribution < -0.4 is 0 Å². The Hall–Kier alpha value is -1.23. The van der Waals surface area contributed by atoms with E-state index in [0.29, 0.717) is 0 Å². The first-order valence-corrected chi connectivity index (χ1v) is 4.95. The summed E-state index contributed by atoms with van der Waals surface area (Å²) in [5, 5.41) is 4.04. The lowest BCUT2D eigenvalue weighted by atomic mass is 10.3. The first kappa shape index (κ1) is 8.37. The fraction of sp³-hybridized carbons (Fsp3) is 0.375. The zero-order chi connectivity index (χ0) is 9.10. The topological polar surface area (TPSA) is 43.6 Å². The van der Waals surface area contributed by atoms with E-state index in [4.69, 9.17) is 0 Å². The summed E-state index contributed by atoms with van der Waals surface area (Å²) in [6.45, 7) is 2.91. The van der Waals surface area contributed by atoms with E-state index < -0.39 is 0 Å². The van der Waals surface area contributed by atoms with Gasteiger partial charge in [0.25, 0.3) is 0 Å². The highest BCUT2D eigenvalue weighted by atomic mass is 32.1. The molecule has 0 aliphatic carbocycles. The van der Waals surface area contributed by atoms with Gasteiger partial charge in [-0.15, -0.1) is 11.3 Å². The van der Waals surface area contributed by atoms with Crippen molar-refractivity contribution in [2.45, 2.75) is 19.9 Å². The summed E-state index contributed by atoms with van der Waals surface area (Å²) < 4.78 is 1.83. The van der Waals surface area contributed by atoms with Crippen LogP contribution in [0.2, 0.25) is 0 Å². The van der Waals surface area contributed by atoms with E-state index in [1.807, 2.05) is 17.1 Å². The molecule has 13 heavy (non-hydrogen) atoms. The third-order valence-electron chi connectivity index (χ3n) is 1.88. The van der Waals surface area contributed by atoms with E-state index in [-0.39, 0.29) is 0 Å². The number of aryl methyl sites for hydroxylation is 3. The van der Waals surface area contributed by atoms with Crippen molar-refractivity contribution in [3.63, 3.8) is 0 Å². The van der Waals surface area contributed by atoms with Crippen LogP contribution in [0.5, 0.6) is 0 Å². The van der Waals surface area contributed by atoms with Gasteiger partial charge in [-0.1, -0.05) is 0 Å². The van der Waals surface area contributed by atoms with Crippen LogP contribution >= 0.6 is 11.3 Å². The molecule has 2 heterocycles. The van der Waals surface area contributed by atoms with Crippen molar-refractivity contribution < 1.29 is 0 Å². The lowest BCUT2D eigenvalue weighted by molar-refractivity contribution is 0.615. The molecule has 0 radical (unpaired) electrons. The van der Waals surface area contributed by atoms with Crippen molar-refractivity contribution in [2.75, 3.05) is 0 Å². The Balaban J connectivity index is 1.97. The fourth-order valence-corrected chi connectivity index (χ4v) is 1.90. The summed E-state index contributed by atoms with van der Waals surface area (Å²) >= 11 is 1.70. The van der Waals surface area contributed by atoms with Gasteiger partial charge in [-0.05, 0) is 6.92 Å². The molecule has 68 valence electrons. The van der Waals surface area contributed by atoms with Crippen LogP contribution in [0.1, 0.15) is 10.6 Å². The van der Waals surface area contributed by atoms with Crippen molar-refractivity contribution in [3.8, 4) is 0 Å². The van der Waals surface area contributed by atoms with E-state index in [0.717, 1.165) is 18.7 Å². The average molecular weight is 194 g/mol. The quantitative estimate of drug-likeness (QED) is 0.739. The first-order chi connectivity index (χ1) is 6.36. The van der Waals surface area contributed by atoms with Crippen molar-refractivity contribution in [1.29, 1.82) is 0 Å². The molecule has 0 aliphatic heterocycles. The van der Waals surface area contributed by atoms with Gasteiger partial charge in [-0.25, -0.2) is 9.97 Å². The Morgan fingerprint density at radius 3 is 3.08 bits per heavy atom. The minimum absolute atomic E-state index is 0.878. The molecule has 2 aromatic rings. The predicted molar refractivity (Wildman–Crippen MR) is 50.6 cm³/mol. The Morgan fingerprint density at radius 1 is 1.54 bits per heavy atom. The van der Waals surface area contributed by atoms with Crippen LogP contribution in [0.15, 0.2) is 18.2 Å². The Kier molecular flexibility index (Phi) is 2.35. The minimum Gasteiger partial charge on any atom is -0.253 e. The van der Waals surface area contributed by atoms with E-state index in [9.17, 15) is 0 Å². The maximum Gasteiger partial charge on any atom is 0.137 e. The molecule has 0 fully saturated rings. The Labute approximate surface area is 80.3 Å². The maximum absolute atomic E-state index is 4.19. The second-order valence-electron chi connectivity index (χ2n) is 2.77. The van der Waals surface area contributed by atoms with E-state index in [1.54, 1.807) is 24.0 Å². The number of nitrogens with zero attached hydrogens (tertiary/aromatic N) is 4. The fourth-order valence-electron chi connectivity index (χ4n) is 1.13. The van der Waals surface area contributed by atoms with Gasteiger partial charge in [0, 0.05) is 17.8 Å². The van der Waals surface area contributed by atoms with Gasteiger partial charge in [0.05, 0.1) is 11.2 Å². The third kappa shape index (κ3) is 1.92. The molecular formula is C8H10N4S. The summed E-state index contributed by atoms with van der Waals surface area (Å²) in [6, 6.07) is 0. The minimum atomic E-state index is 0.878. The number of thiazole rings is 1. The van der Waals surface area contributed by atoms with Crippen molar-refractivity contribution in [3.05, 3.63) is 28.7 Å². The lowest BCUT2D eigenvalue weighted by Gasteiger charge is -1.98. The van der Waals surface area contributed by atoms with Crippen LogP contribution in [0, 0.1) is 6.92 Å². The van der Waals surface area contributed by atoms with Gasteiger partial charge in [0.15, 0.2) is 0 Å². The highest BCUT2D eigenvalue weighted by Crippen LogP contribution is 2.12. The Bertz CT molecular complexity index is 365. The molecule has 0 aromatic carbocycles. The number of rotatable bonds is 3. The van der Waals surface area contributed by atoms with Gasteiger partial charge >= 0.3 is 0 Å². The molecule has 0 saturated heterocycles. The SMILES string of the molecule is Cc1ncsc1CCn1cncn1. The monoisotopic (exact) mass is 194 g/mol. The van der Waals surface area contributed by atoms with E-state index >= 15 is 0 Å². The van der Waals surface area contributed by atoms with Crippen LogP contribution in [-0.2, 0) is 13.0 Å². The molecule has 2 rings (SSSR count). The summed E-state index contributed by atoms with van der Waals surface area (Å²) in [7, 11) is 0. The van der Waals surface area contributed by atoms with Crippen LogP contribution in [-0.4, -0.2) is 19.7 Å². The number of aromatic nitrogens is 4. The number of hydrogen-bond donors (Lipinski definition) is 0. The summed E-state index contributed by atoms with van der Waals surface area (Å²) in [4.78, 5) is 9.40. The Morgan fingerprint density at radius 2 is 2.46 bits per heavy atom. The van der Waals surface area contributed by atoms with Crippen LogP contribution in [0.4, 0.5) is 0 Å². The highest BCUT2D eigenvalue weighted by Gasteiger charge is 2.01. The third-order valence-corrected chi connectivity index (χ3v) is 2.87. The largest absolute Gasteiger partial charge is 0.253 e. The van der Waals surface area contributed by atoms with E-state index in [2.05, 4.69) is 15.1 Å². The zero-order valence-electron chi connectivity index (χ0n) is 7.34. The van der Waals surface area contributed by atoms with Crippen LogP contribution in [0.3, 0.4) is 0 Å². The zero-order valence-corrected chi connectivity index (χ0v) is 8.16. The van der Waals surface area contributed by atoms with Crippen molar-refractivity contribution >= 4 is 11.3 Å². The predicted octanol–water partition coefficient (Wildman–Crippen LogP) is 1.29. The number of hydrogen-bond acceptors (Lipinski definition) is 4. The van der Waals surface area contributed by atoms with Crippen molar-refractivity contribution in [2.24, 2.45) is 0 Å². The molecule has 0 amide bonds. The second-order valence-corrected chi connectivity index (χ2v) is 3.71. The summed E-state index contributed by atoms with van der Waals surface area (Å²) in [5.74, 6) is 0. The molecule has 4 nitrogen and oxygen atoms in total. The summed E-state index contributed by atoms with van der Waals surface area (Å²) in [5.41, 5.74) is 3.01. The van der Waals surface area contributed by atoms with Gasteiger partial charge < -0.3 is 0 Å². The normalized spacial score (nSPS) is 10.5. The smallest absolute Gasteiger partial charge is 0.137 e. The molecule has 0 bridgehead atoms. The van der Waals surface area contributed by atoms with Gasteiger partial charge in [-0.3, -0.25) is 4.68 Å². The van der Waals surface area contributed by atoms with Gasteiger partial charge in [-0.2, -0.15) is 5.10 Å². The molecule has 0 atom stereocenters. The van der Waals surface area contributed by atoms with E-state index in [1.165, 1.54) is 4.88 Å². The average Bonchev–Trinajstić information content (AvgIpc) is 2.72. The lowest BCUT2D eigenvalue weighted by Crippen LogP contribution is -2.01. The molecular weight excluding hydrogens is 184 g/mol. The van der Waals surface area contributed by atoms with Crippen LogP contribution in [0.25, 0.3) is 0 Å². The van der Waals surface area contributed by atoms with Gasteiger partial charge in [0.1, 0.15) is 12.7 Å². The second kappa shape index (κ2) is 3.66. The van der Waals surface area contributed by atoms with Gasteiger partial charge in [0.2, 0.25) is 0 Å². The molecule has 0 spiro atoms. The molecule has 5 heteroatoms. The standard InChI is InChI=1S/C8H10N4S/c1-7-8(13-6-10-7)2-3-12-5-9-4-11-12/h4-6H,2-3H2,1H3. The molecule has 0 aliphatic rings. The first-order valence-electron chi connectivity index (χ1n) is 4.07. The maximum atomic E-state index is 4.19. The molecule has 0 unspecified atom stereocenters. The molecule has 0 saturated carbocycles. The summed E-state index contributed by atoms with van der Waals surface area (Å²) in [6.07, 6.45) is 4.27. The van der Waals surface area contributed by atoms with Crippen molar-refractivity contribution in [1.82, 2.24) is 19.7 Å². The molecule has 2 aromatic heterocycles.